The zero-order chi connectivity index (χ0) is 28.5. The first kappa shape index (κ1) is 25.1. The highest BCUT2D eigenvalue weighted by molar-refractivity contribution is 6.31. The van der Waals surface area contributed by atoms with Crippen LogP contribution in [0.3, 0.4) is 0 Å². The van der Waals surface area contributed by atoms with Crippen LogP contribution < -0.4 is 10.1 Å². The Kier molecular flexibility index (Phi) is 5.41. The monoisotopic (exact) mass is 536 g/mol. The Hall–Kier alpha value is -5.25. The van der Waals surface area contributed by atoms with Gasteiger partial charge in [0, 0.05) is 41.0 Å². The molecule has 0 saturated carbocycles. The van der Waals surface area contributed by atoms with Gasteiger partial charge in [-0.2, -0.15) is 0 Å². The van der Waals surface area contributed by atoms with E-state index >= 15 is 0 Å². The number of fused-ring (bicyclic) bond motifs is 4. The Bertz CT molecular complexity index is 1870. The zero-order valence-electron chi connectivity index (χ0n) is 22.0. The van der Waals surface area contributed by atoms with E-state index in [-0.39, 0.29) is 39.5 Å². The number of H-pyrrole nitrogens is 1. The molecule has 4 aromatic rings. The third-order valence-corrected chi connectivity index (χ3v) is 7.51. The number of ketones is 3. The van der Waals surface area contributed by atoms with Crippen molar-refractivity contribution in [2.24, 2.45) is 0 Å². The minimum absolute atomic E-state index is 0.0151. The number of Topliss-reactive ketones (excluding diaryl/α,β-unsaturated/α-hetero) is 2. The fraction of sp³-hybridized carbons (Fsp3) is 0.167. The summed E-state index contributed by atoms with van der Waals surface area (Å²) in [5, 5.41) is 24.7. The largest absolute Gasteiger partial charge is 0.507 e. The zero-order valence-corrected chi connectivity index (χ0v) is 22.0. The van der Waals surface area contributed by atoms with E-state index < -0.39 is 28.5 Å². The maximum absolute atomic E-state index is 14.0. The van der Waals surface area contributed by atoms with Gasteiger partial charge in [-0.3, -0.25) is 19.4 Å². The lowest BCUT2D eigenvalue weighted by atomic mass is 9.70. The highest BCUT2D eigenvalue weighted by atomic mass is 16.5. The maximum Gasteiger partial charge on any atom is 0.194 e. The molecule has 1 aliphatic heterocycles. The van der Waals surface area contributed by atoms with Crippen molar-refractivity contribution in [1.29, 1.82) is 0 Å². The van der Waals surface area contributed by atoms with Crippen LogP contribution in [0.1, 0.15) is 42.3 Å². The molecule has 4 N–H and O–H groups in total. The molecular weight excluding hydrogens is 512 g/mol. The summed E-state index contributed by atoms with van der Waals surface area (Å²) in [5.41, 5.74) is 1.46. The quantitative estimate of drug-likeness (QED) is 0.166. The normalized spacial score (nSPS) is 19.1. The number of hydrogen-bond donors (Lipinski definition) is 4. The van der Waals surface area contributed by atoms with Crippen molar-refractivity contribution in [2.75, 3.05) is 5.32 Å². The van der Waals surface area contributed by atoms with Gasteiger partial charge < -0.3 is 25.3 Å². The number of anilines is 1. The SMILES string of the molecule is CC(=O)c1c(O)c(C)c(O)c2c1OC1=CC(=O)/C(=C(/C)Nc3ccc4nc(-c5cccnc5)[nH]c4c3)C(=O)[C@@]12C. The lowest BCUT2D eigenvalue weighted by molar-refractivity contribution is -0.123. The van der Waals surface area contributed by atoms with Crippen LogP contribution in [-0.2, 0) is 15.0 Å². The smallest absolute Gasteiger partial charge is 0.194 e. The average molecular weight is 537 g/mol. The molecule has 200 valence electrons. The second-order valence-electron chi connectivity index (χ2n) is 10.1. The first-order valence-corrected chi connectivity index (χ1v) is 12.5. The van der Waals surface area contributed by atoms with E-state index in [4.69, 9.17) is 4.74 Å². The van der Waals surface area contributed by atoms with Gasteiger partial charge in [0.2, 0.25) is 0 Å². The van der Waals surface area contributed by atoms with Crippen molar-refractivity contribution >= 4 is 34.1 Å². The Morgan fingerprint density at radius 2 is 1.90 bits per heavy atom. The van der Waals surface area contributed by atoms with Crippen LogP contribution in [-0.4, -0.2) is 42.5 Å². The van der Waals surface area contributed by atoms with Gasteiger partial charge in [-0.15, -0.1) is 0 Å². The Morgan fingerprint density at radius 3 is 2.60 bits per heavy atom. The number of aromatic amines is 1. The molecular formula is C30H24N4O6. The standard InChI is InChI=1S/C30H24N4O6/c1-13-25(37)23(15(3)35)27-24(26(13)38)30(4)21(40-27)11-20(36)22(28(30)39)14(2)32-17-7-8-18-19(10-17)34-29(33-18)16-6-5-9-31-12-16/h5-12,32,37-38H,1-4H3,(H,33,34)/b22-14+/t30-/m0/s1. The summed E-state index contributed by atoms with van der Waals surface area (Å²) >= 11 is 0. The number of phenolic OH excluding ortho intramolecular Hbond substituents is 2. The minimum atomic E-state index is -1.58. The van der Waals surface area contributed by atoms with Crippen LogP contribution >= 0.6 is 0 Å². The van der Waals surface area contributed by atoms with Gasteiger partial charge in [-0.25, -0.2) is 4.98 Å². The number of carbonyl (C=O) groups is 3. The predicted molar refractivity (Wildman–Crippen MR) is 146 cm³/mol. The molecule has 2 aromatic carbocycles. The molecule has 0 amide bonds. The van der Waals surface area contributed by atoms with E-state index in [2.05, 4.69) is 20.3 Å². The molecule has 0 unspecified atom stereocenters. The topological polar surface area (TPSA) is 154 Å². The summed E-state index contributed by atoms with van der Waals surface area (Å²) in [4.78, 5) is 51.6. The molecule has 0 saturated heterocycles. The van der Waals surface area contributed by atoms with Crippen molar-refractivity contribution in [2.45, 2.75) is 33.1 Å². The summed E-state index contributed by atoms with van der Waals surface area (Å²) in [7, 11) is 0. The van der Waals surface area contributed by atoms with Crippen molar-refractivity contribution in [3.05, 3.63) is 82.5 Å². The van der Waals surface area contributed by atoms with Crippen LogP contribution in [0, 0.1) is 6.92 Å². The number of allylic oxidation sites excluding steroid dienone is 4. The maximum atomic E-state index is 14.0. The number of ether oxygens (including phenoxy) is 1. The van der Waals surface area contributed by atoms with Crippen LogP contribution in [0.2, 0.25) is 0 Å². The molecule has 6 rings (SSSR count). The van der Waals surface area contributed by atoms with Crippen molar-refractivity contribution in [3.63, 3.8) is 0 Å². The Labute approximate surface area is 228 Å². The molecule has 1 atom stereocenters. The number of nitrogens with one attached hydrogen (secondary N) is 2. The molecule has 2 aromatic heterocycles. The summed E-state index contributed by atoms with van der Waals surface area (Å²) in [6, 6.07) is 9.13. The Balaban J connectivity index is 1.41. The highest BCUT2D eigenvalue weighted by Crippen LogP contribution is 2.57. The van der Waals surface area contributed by atoms with Crippen LogP contribution in [0.5, 0.6) is 17.2 Å². The lowest BCUT2D eigenvalue weighted by Gasteiger charge is -2.29. The van der Waals surface area contributed by atoms with Crippen LogP contribution in [0.15, 0.2) is 65.8 Å². The van der Waals surface area contributed by atoms with E-state index in [1.54, 1.807) is 25.4 Å². The molecule has 0 spiro atoms. The third-order valence-electron chi connectivity index (χ3n) is 7.51. The average Bonchev–Trinajstić information content (AvgIpc) is 3.47. The molecule has 10 nitrogen and oxygen atoms in total. The number of hydrogen-bond acceptors (Lipinski definition) is 9. The van der Waals surface area contributed by atoms with Crippen molar-refractivity contribution in [3.8, 4) is 28.6 Å². The van der Waals surface area contributed by atoms with Crippen LogP contribution in [0.4, 0.5) is 5.69 Å². The molecule has 1 aliphatic carbocycles. The number of imidazole rings is 1. The van der Waals surface area contributed by atoms with Gasteiger partial charge in [0.1, 0.15) is 39.8 Å². The number of benzene rings is 2. The van der Waals surface area contributed by atoms with Gasteiger partial charge in [0.05, 0.1) is 22.2 Å². The fourth-order valence-corrected chi connectivity index (χ4v) is 5.37. The minimum Gasteiger partial charge on any atom is -0.507 e. The Morgan fingerprint density at radius 1 is 1.12 bits per heavy atom. The lowest BCUT2D eigenvalue weighted by Crippen LogP contribution is -2.40. The molecule has 0 fully saturated rings. The van der Waals surface area contributed by atoms with E-state index in [1.165, 1.54) is 26.8 Å². The molecule has 0 bridgehead atoms. The van der Waals surface area contributed by atoms with E-state index in [0.29, 0.717) is 17.2 Å². The third kappa shape index (κ3) is 3.46. The summed E-state index contributed by atoms with van der Waals surface area (Å²) < 4.78 is 5.82. The van der Waals surface area contributed by atoms with E-state index in [0.717, 1.165) is 16.6 Å². The highest BCUT2D eigenvalue weighted by Gasteiger charge is 2.56. The summed E-state index contributed by atoms with van der Waals surface area (Å²) in [5.74, 6) is -1.97. The summed E-state index contributed by atoms with van der Waals surface area (Å²) in [6.45, 7) is 5.83. The number of rotatable bonds is 4. The van der Waals surface area contributed by atoms with Crippen molar-refractivity contribution < 1.29 is 29.3 Å². The molecule has 2 aliphatic rings. The van der Waals surface area contributed by atoms with Gasteiger partial charge >= 0.3 is 0 Å². The number of carbonyl (C=O) groups excluding carboxylic acids is 3. The second-order valence-corrected chi connectivity index (χ2v) is 10.1. The second kappa shape index (κ2) is 8.63. The molecule has 3 heterocycles. The van der Waals surface area contributed by atoms with Gasteiger partial charge in [0.25, 0.3) is 0 Å². The van der Waals surface area contributed by atoms with Gasteiger partial charge in [-0.05, 0) is 58.0 Å². The molecule has 10 heteroatoms. The van der Waals surface area contributed by atoms with Gasteiger partial charge in [0.15, 0.2) is 17.3 Å². The fourth-order valence-electron chi connectivity index (χ4n) is 5.37. The number of phenols is 2. The number of aromatic nitrogens is 3. The number of nitrogens with zero attached hydrogens (tertiary/aromatic N) is 2. The predicted octanol–water partition coefficient (Wildman–Crippen LogP) is 4.62. The van der Waals surface area contributed by atoms with E-state index in [9.17, 15) is 24.6 Å². The summed E-state index contributed by atoms with van der Waals surface area (Å²) in [6.07, 6.45) is 4.58. The number of aromatic hydroxyl groups is 2. The molecule has 40 heavy (non-hydrogen) atoms. The number of pyridine rings is 1. The first-order chi connectivity index (χ1) is 19.0. The van der Waals surface area contributed by atoms with E-state index in [1.807, 2.05) is 24.3 Å². The van der Waals surface area contributed by atoms with Gasteiger partial charge in [-0.1, -0.05) is 0 Å². The molecule has 0 radical (unpaired) electrons. The first-order valence-electron chi connectivity index (χ1n) is 12.5. The van der Waals surface area contributed by atoms with Crippen molar-refractivity contribution in [1.82, 2.24) is 15.0 Å². The van der Waals surface area contributed by atoms with Crippen LogP contribution in [0.25, 0.3) is 22.4 Å².